The van der Waals surface area contributed by atoms with E-state index >= 15 is 0 Å². The van der Waals surface area contributed by atoms with Gasteiger partial charge in [0, 0.05) is 21.8 Å². The van der Waals surface area contributed by atoms with Crippen molar-refractivity contribution in [2.75, 3.05) is 26.6 Å². The zero-order valence-corrected chi connectivity index (χ0v) is 26.9. The Morgan fingerprint density at radius 3 is 2.40 bits per heavy atom. The first-order valence-corrected chi connectivity index (χ1v) is 14.9. The van der Waals surface area contributed by atoms with E-state index in [2.05, 4.69) is 37.2 Å². The third kappa shape index (κ3) is 5.37. The van der Waals surface area contributed by atoms with Crippen LogP contribution in [0.2, 0.25) is 0 Å². The maximum Gasteiger partial charge on any atom is 0.271 e. The molecule has 2 N–H and O–H groups in total. The predicted octanol–water partition coefficient (Wildman–Crippen LogP) is 5.13. The Morgan fingerprint density at radius 2 is 1.74 bits per heavy atom. The van der Waals surface area contributed by atoms with E-state index < -0.39 is 11.9 Å². The predicted molar refractivity (Wildman–Crippen MR) is 168 cm³/mol. The quantitative estimate of drug-likeness (QED) is 0.275. The molecule has 42 heavy (non-hydrogen) atoms. The number of fused-ring (bicyclic) bond motifs is 1. The molecule has 0 saturated heterocycles. The normalized spacial score (nSPS) is 14.7. The summed E-state index contributed by atoms with van der Waals surface area (Å²) in [7, 11) is 4.52. The Bertz CT molecular complexity index is 1920. The van der Waals surface area contributed by atoms with Crippen LogP contribution in [0.25, 0.3) is 6.08 Å². The Morgan fingerprint density at radius 1 is 1.02 bits per heavy atom. The van der Waals surface area contributed by atoms with Crippen LogP contribution < -0.4 is 34.4 Å². The van der Waals surface area contributed by atoms with Gasteiger partial charge in [0.25, 0.3) is 11.5 Å². The second-order valence-corrected chi connectivity index (χ2v) is 11.7. The van der Waals surface area contributed by atoms with Crippen LogP contribution >= 0.6 is 43.2 Å². The van der Waals surface area contributed by atoms with Crippen molar-refractivity contribution in [2.45, 2.75) is 13.0 Å². The second-order valence-electron chi connectivity index (χ2n) is 9.15. The summed E-state index contributed by atoms with van der Waals surface area (Å²) < 4.78 is 19.2. The van der Waals surface area contributed by atoms with E-state index in [-0.39, 0.29) is 17.1 Å². The molecule has 1 aliphatic rings. The molecule has 3 aromatic carbocycles. The lowest BCUT2D eigenvalue weighted by atomic mass is 9.94. The summed E-state index contributed by atoms with van der Waals surface area (Å²) in [5.74, 6) is 0.786. The van der Waals surface area contributed by atoms with Gasteiger partial charge in [0.05, 0.1) is 41.6 Å². The van der Waals surface area contributed by atoms with Crippen molar-refractivity contribution in [1.82, 2.24) is 4.57 Å². The van der Waals surface area contributed by atoms with Gasteiger partial charge < -0.3 is 24.6 Å². The summed E-state index contributed by atoms with van der Waals surface area (Å²) in [6.45, 7) is 1.75. The summed E-state index contributed by atoms with van der Waals surface area (Å²) >= 11 is 8.04. The maximum atomic E-state index is 14.1. The van der Waals surface area contributed by atoms with Crippen LogP contribution in [0.1, 0.15) is 24.1 Å². The highest BCUT2D eigenvalue weighted by Gasteiger charge is 2.34. The largest absolute Gasteiger partial charge is 0.503 e. The number of aromatic hydroxyl groups is 1. The molecule has 1 aliphatic heterocycles. The number of nitrogens with zero attached hydrogens (tertiary/aromatic N) is 2. The summed E-state index contributed by atoms with van der Waals surface area (Å²) in [4.78, 5) is 33.1. The molecule has 0 spiro atoms. The summed E-state index contributed by atoms with van der Waals surface area (Å²) in [5.41, 5.74) is 2.21. The number of rotatable bonds is 7. The monoisotopic (exact) mass is 713 g/mol. The molecule has 2 heterocycles. The van der Waals surface area contributed by atoms with Gasteiger partial charge in [-0.3, -0.25) is 14.2 Å². The standard InChI is InChI=1S/C30H25Br2N3O6S/c1-15-23(28(37)34-17-8-6-5-7-9-17)26(19-11-10-18(39-2)14-20(19)40-3)35-29(38)22(42-30(35)33-15)13-16-12-21(41-4)27(36)25(32)24(16)31/h5-14,26,36H,1-4H3,(H,34,37)/b22-13-/t26-/m1/s1. The molecule has 12 heteroatoms. The number of para-hydroxylation sites is 1. The van der Waals surface area contributed by atoms with Gasteiger partial charge in [-0.05, 0) is 80.8 Å². The number of aromatic nitrogens is 1. The Labute approximate surface area is 261 Å². The number of hydrogen-bond donors (Lipinski definition) is 2. The minimum atomic E-state index is -0.850. The van der Waals surface area contributed by atoms with Crippen molar-refractivity contribution in [3.05, 3.63) is 106 Å². The van der Waals surface area contributed by atoms with Crippen molar-refractivity contribution in [3.8, 4) is 23.0 Å². The van der Waals surface area contributed by atoms with E-state index in [1.54, 1.807) is 56.5 Å². The topological polar surface area (TPSA) is 111 Å². The highest BCUT2D eigenvalue weighted by atomic mass is 79.9. The molecule has 9 nitrogen and oxygen atoms in total. The van der Waals surface area contributed by atoms with Crippen molar-refractivity contribution < 1.29 is 24.1 Å². The summed E-state index contributed by atoms with van der Waals surface area (Å²) in [6, 6.07) is 15.1. The summed E-state index contributed by atoms with van der Waals surface area (Å²) in [6.07, 6.45) is 1.69. The Hall–Kier alpha value is -3.87. The minimum absolute atomic E-state index is 0.0701. The van der Waals surface area contributed by atoms with Crippen LogP contribution in [-0.2, 0) is 4.79 Å². The van der Waals surface area contributed by atoms with Crippen LogP contribution in [0.4, 0.5) is 5.69 Å². The van der Waals surface area contributed by atoms with Crippen molar-refractivity contribution in [2.24, 2.45) is 4.99 Å². The molecule has 0 bridgehead atoms. The molecular formula is C30H25Br2N3O6S. The van der Waals surface area contributed by atoms with Gasteiger partial charge in [-0.2, -0.15) is 0 Å². The number of thiazole rings is 1. The highest BCUT2D eigenvalue weighted by Crippen LogP contribution is 2.42. The number of nitrogens with one attached hydrogen (secondary N) is 1. The van der Waals surface area contributed by atoms with Crippen LogP contribution in [0.3, 0.4) is 0 Å². The number of ether oxygens (including phenoxy) is 3. The maximum absolute atomic E-state index is 14.1. The second kappa shape index (κ2) is 12.2. The number of phenolic OH excluding ortho intramolecular Hbond substituents is 1. The fourth-order valence-corrected chi connectivity index (χ4v) is 6.56. The van der Waals surface area contributed by atoms with Crippen LogP contribution in [0.15, 0.2) is 84.6 Å². The molecule has 5 rings (SSSR count). The zero-order chi connectivity index (χ0) is 30.1. The van der Waals surface area contributed by atoms with Crippen LogP contribution in [0.5, 0.6) is 23.0 Å². The van der Waals surface area contributed by atoms with Crippen LogP contribution in [0, 0.1) is 0 Å². The molecular weight excluding hydrogens is 690 g/mol. The number of allylic oxidation sites excluding steroid dienone is 1. The van der Waals surface area contributed by atoms with Gasteiger partial charge in [-0.15, -0.1) is 0 Å². The number of hydrogen-bond acceptors (Lipinski definition) is 8. The third-order valence-corrected chi connectivity index (χ3v) is 9.86. The van der Waals surface area contributed by atoms with Crippen molar-refractivity contribution >= 4 is 60.9 Å². The molecule has 216 valence electrons. The fraction of sp³-hybridized carbons (Fsp3) is 0.167. The summed E-state index contributed by atoms with van der Waals surface area (Å²) in [5, 5.41) is 13.3. The highest BCUT2D eigenvalue weighted by molar-refractivity contribution is 9.13. The Balaban J connectivity index is 1.75. The SMILES string of the molecule is COc1ccc([C@@H]2C(C(=O)Nc3ccccc3)=C(C)N=c3s/c(=C\c4cc(OC)c(O)c(Br)c4Br)c(=O)n32)c(OC)c1. The molecule has 1 aromatic heterocycles. The molecule has 1 amide bonds. The smallest absolute Gasteiger partial charge is 0.271 e. The van der Waals surface area contributed by atoms with Crippen molar-refractivity contribution in [1.29, 1.82) is 0 Å². The van der Waals surface area contributed by atoms with E-state index in [0.717, 1.165) is 0 Å². The van der Waals surface area contributed by atoms with Gasteiger partial charge in [0.1, 0.15) is 17.5 Å². The molecule has 1 atom stereocenters. The third-order valence-electron chi connectivity index (χ3n) is 6.71. The van der Waals surface area contributed by atoms with Gasteiger partial charge >= 0.3 is 0 Å². The minimum Gasteiger partial charge on any atom is -0.503 e. The van der Waals surface area contributed by atoms with Crippen LogP contribution in [-0.4, -0.2) is 36.9 Å². The molecule has 0 unspecified atom stereocenters. The van der Waals surface area contributed by atoms with E-state index in [0.29, 0.717) is 57.9 Å². The van der Waals surface area contributed by atoms with E-state index in [9.17, 15) is 14.7 Å². The lowest BCUT2D eigenvalue weighted by Gasteiger charge is -2.26. The first kappa shape index (κ1) is 29.6. The number of amides is 1. The fourth-order valence-electron chi connectivity index (χ4n) is 4.68. The van der Waals surface area contributed by atoms with Gasteiger partial charge in [-0.1, -0.05) is 29.5 Å². The molecule has 0 fully saturated rings. The molecule has 0 aliphatic carbocycles. The number of methoxy groups -OCH3 is 3. The number of phenols is 1. The number of anilines is 1. The molecule has 4 aromatic rings. The Kier molecular flexibility index (Phi) is 8.58. The van der Waals surface area contributed by atoms with Gasteiger partial charge in [-0.25, -0.2) is 4.99 Å². The first-order chi connectivity index (χ1) is 20.2. The number of halogens is 2. The molecule has 0 radical (unpaired) electrons. The van der Waals surface area contributed by atoms with Gasteiger partial charge in [0.2, 0.25) is 0 Å². The van der Waals surface area contributed by atoms with E-state index in [1.807, 2.05) is 18.2 Å². The first-order valence-electron chi connectivity index (χ1n) is 12.5. The van der Waals surface area contributed by atoms with Gasteiger partial charge in [0.15, 0.2) is 16.3 Å². The zero-order valence-electron chi connectivity index (χ0n) is 22.9. The van der Waals surface area contributed by atoms with E-state index in [4.69, 9.17) is 19.2 Å². The average molecular weight is 715 g/mol. The average Bonchev–Trinajstić information content (AvgIpc) is 3.30. The lowest BCUT2D eigenvalue weighted by Crippen LogP contribution is -2.40. The molecule has 0 saturated carbocycles. The van der Waals surface area contributed by atoms with Crippen molar-refractivity contribution in [3.63, 3.8) is 0 Å². The number of carbonyl (C=O) groups excluding carboxylic acids is 1. The number of carbonyl (C=O) groups is 1. The van der Waals surface area contributed by atoms with E-state index in [1.165, 1.54) is 30.1 Å². The lowest BCUT2D eigenvalue weighted by molar-refractivity contribution is -0.113. The number of benzene rings is 3.